The first-order valence-electron chi connectivity index (χ1n) is 8.58. The Kier molecular flexibility index (Phi) is 8.09. The lowest BCUT2D eigenvalue weighted by Crippen LogP contribution is -2.23. The molecule has 0 aliphatic heterocycles. The monoisotopic (exact) mass is 371 g/mol. The molecule has 0 spiro atoms. The van der Waals surface area contributed by atoms with Crippen LogP contribution in [0.25, 0.3) is 6.08 Å². The van der Waals surface area contributed by atoms with E-state index in [4.69, 9.17) is 9.47 Å². The molecule has 26 heavy (non-hydrogen) atoms. The molecule has 0 radical (unpaired) electrons. The molecule has 5 heteroatoms. The molecule has 0 aromatic heterocycles. The summed E-state index contributed by atoms with van der Waals surface area (Å²) in [6.45, 7) is 5.17. The maximum Gasteiger partial charge on any atom is 0.244 e. The van der Waals surface area contributed by atoms with Gasteiger partial charge in [-0.15, -0.1) is 11.8 Å². The third kappa shape index (κ3) is 6.48. The van der Waals surface area contributed by atoms with Crippen molar-refractivity contribution < 1.29 is 14.3 Å². The Labute approximate surface area is 159 Å². The van der Waals surface area contributed by atoms with E-state index >= 15 is 0 Å². The molecule has 4 nitrogen and oxygen atoms in total. The van der Waals surface area contributed by atoms with Crippen LogP contribution in [0.5, 0.6) is 11.5 Å². The van der Waals surface area contributed by atoms with Crippen molar-refractivity contribution in [2.45, 2.75) is 18.7 Å². The number of hydrogen-bond donors (Lipinski definition) is 1. The van der Waals surface area contributed by atoms with Gasteiger partial charge >= 0.3 is 0 Å². The predicted molar refractivity (Wildman–Crippen MR) is 108 cm³/mol. The van der Waals surface area contributed by atoms with Gasteiger partial charge in [-0.2, -0.15) is 0 Å². The lowest BCUT2D eigenvalue weighted by Gasteiger charge is -2.09. The SMILES string of the molecule is CCOc1cc(/C=C/C(=O)NCCSc2ccc(C)cc2)ccc1OC. The average molecular weight is 372 g/mol. The Hall–Kier alpha value is -2.40. The summed E-state index contributed by atoms with van der Waals surface area (Å²) >= 11 is 1.73. The Balaban J connectivity index is 1.79. The number of aryl methyl sites for hydroxylation is 1. The first-order valence-corrected chi connectivity index (χ1v) is 9.57. The lowest BCUT2D eigenvalue weighted by molar-refractivity contribution is -0.116. The highest BCUT2D eigenvalue weighted by Crippen LogP contribution is 2.28. The van der Waals surface area contributed by atoms with Gasteiger partial charge in [0.1, 0.15) is 0 Å². The summed E-state index contributed by atoms with van der Waals surface area (Å²) in [7, 11) is 1.61. The topological polar surface area (TPSA) is 47.6 Å². The molecule has 0 atom stereocenters. The molecule has 0 bridgehead atoms. The van der Waals surface area contributed by atoms with Crippen LogP contribution >= 0.6 is 11.8 Å². The van der Waals surface area contributed by atoms with Crippen molar-refractivity contribution in [2.75, 3.05) is 26.0 Å². The molecule has 0 unspecified atom stereocenters. The van der Waals surface area contributed by atoms with Gasteiger partial charge in [-0.3, -0.25) is 4.79 Å². The second-order valence-corrected chi connectivity index (χ2v) is 6.80. The van der Waals surface area contributed by atoms with E-state index < -0.39 is 0 Å². The lowest BCUT2D eigenvalue weighted by atomic mass is 10.2. The van der Waals surface area contributed by atoms with Gasteiger partial charge < -0.3 is 14.8 Å². The Morgan fingerprint density at radius 1 is 1.15 bits per heavy atom. The van der Waals surface area contributed by atoms with E-state index in [0.717, 1.165) is 11.3 Å². The van der Waals surface area contributed by atoms with Crippen molar-refractivity contribution >= 4 is 23.7 Å². The standard InChI is InChI=1S/C21H25NO3S/c1-4-25-20-15-17(7-11-19(20)24-3)8-12-21(23)22-13-14-26-18-9-5-16(2)6-10-18/h5-12,15H,4,13-14H2,1-3H3,(H,22,23)/b12-8+. The number of nitrogens with one attached hydrogen (secondary N) is 1. The molecule has 2 aromatic carbocycles. The summed E-state index contributed by atoms with van der Waals surface area (Å²) in [5, 5.41) is 2.89. The highest BCUT2D eigenvalue weighted by atomic mass is 32.2. The zero-order valence-corrected chi connectivity index (χ0v) is 16.3. The molecular formula is C21H25NO3S. The van der Waals surface area contributed by atoms with Crippen molar-refractivity contribution in [1.29, 1.82) is 0 Å². The maximum absolute atomic E-state index is 11.9. The number of ether oxygens (including phenoxy) is 2. The van der Waals surface area contributed by atoms with Gasteiger partial charge in [0.25, 0.3) is 0 Å². The number of carbonyl (C=O) groups is 1. The summed E-state index contributed by atoms with van der Waals surface area (Å²) in [5.74, 6) is 2.08. The third-order valence-electron chi connectivity index (χ3n) is 3.61. The fourth-order valence-corrected chi connectivity index (χ4v) is 3.04. The summed E-state index contributed by atoms with van der Waals surface area (Å²) in [6.07, 6.45) is 3.30. The van der Waals surface area contributed by atoms with Crippen LogP contribution in [0, 0.1) is 6.92 Å². The zero-order chi connectivity index (χ0) is 18.8. The minimum Gasteiger partial charge on any atom is -0.493 e. The van der Waals surface area contributed by atoms with Crippen molar-refractivity contribution in [2.24, 2.45) is 0 Å². The number of rotatable bonds is 9. The van der Waals surface area contributed by atoms with E-state index in [-0.39, 0.29) is 5.91 Å². The molecule has 2 rings (SSSR count). The van der Waals surface area contributed by atoms with Crippen LogP contribution in [0.2, 0.25) is 0 Å². The molecule has 138 valence electrons. The molecule has 0 aliphatic carbocycles. The van der Waals surface area contributed by atoms with Gasteiger partial charge in [-0.25, -0.2) is 0 Å². The Morgan fingerprint density at radius 3 is 2.62 bits per heavy atom. The fourth-order valence-electron chi connectivity index (χ4n) is 2.27. The van der Waals surface area contributed by atoms with Crippen molar-refractivity contribution in [3.63, 3.8) is 0 Å². The Bertz CT molecular complexity index is 741. The van der Waals surface area contributed by atoms with Crippen molar-refractivity contribution in [3.8, 4) is 11.5 Å². The van der Waals surface area contributed by atoms with Gasteiger partial charge in [0, 0.05) is 23.3 Å². The normalized spacial score (nSPS) is 10.7. The van der Waals surface area contributed by atoms with Crippen LogP contribution in [0.4, 0.5) is 0 Å². The molecule has 0 saturated carbocycles. The molecule has 0 heterocycles. The van der Waals surface area contributed by atoms with E-state index in [0.29, 0.717) is 24.7 Å². The summed E-state index contributed by atoms with van der Waals surface area (Å²) in [5.41, 5.74) is 2.14. The van der Waals surface area contributed by atoms with E-state index in [1.807, 2.05) is 25.1 Å². The van der Waals surface area contributed by atoms with Gasteiger partial charge in [-0.1, -0.05) is 23.8 Å². The number of amides is 1. The van der Waals surface area contributed by atoms with Crippen LogP contribution in [0.1, 0.15) is 18.1 Å². The number of hydrogen-bond acceptors (Lipinski definition) is 4. The first-order chi connectivity index (χ1) is 12.6. The average Bonchev–Trinajstić information content (AvgIpc) is 2.65. The molecule has 1 N–H and O–H groups in total. The van der Waals surface area contributed by atoms with Gasteiger partial charge in [0.05, 0.1) is 13.7 Å². The summed E-state index contributed by atoms with van der Waals surface area (Å²) in [6, 6.07) is 14.0. The molecule has 0 fully saturated rings. The van der Waals surface area contributed by atoms with Crippen LogP contribution < -0.4 is 14.8 Å². The van der Waals surface area contributed by atoms with Gasteiger partial charge in [0.2, 0.25) is 5.91 Å². The summed E-state index contributed by atoms with van der Waals surface area (Å²) in [4.78, 5) is 13.2. The Morgan fingerprint density at radius 2 is 1.92 bits per heavy atom. The molecule has 1 amide bonds. The molecule has 0 saturated heterocycles. The summed E-state index contributed by atoms with van der Waals surface area (Å²) < 4.78 is 10.8. The highest BCUT2D eigenvalue weighted by Gasteiger charge is 2.04. The van der Waals surface area contributed by atoms with Crippen LogP contribution in [0.15, 0.2) is 53.4 Å². The molecular weight excluding hydrogens is 346 g/mol. The number of carbonyl (C=O) groups excluding carboxylic acids is 1. The van der Waals surface area contributed by atoms with Gasteiger partial charge in [0.15, 0.2) is 11.5 Å². The van der Waals surface area contributed by atoms with Crippen molar-refractivity contribution in [1.82, 2.24) is 5.32 Å². The van der Waals surface area contributed by atoms with Gasteiger partial charge in [-0.05, 0) is 49.8 Å². The van der Waals surface area contributed by atoms with Crippen molar-refractivity contribution in [3.05, 3.63) is 59.7 Å². The van der Waals surface area contributed by atoms with Crippen LogP contribution in [0.3, 0.4) is 0 Å². The van der Waals surface area contributed by atoms with E-state index in [1.165, 1.54) is 16.5 Å². The smallest absolute Gasteiger partial charge is 0.244 e. The quantitative estimate of drug-likeness (QED) is 0.405. The van der Waals surface area contributed by atoms with Crippen LogP contribution in [-0.2, 0) is 4.79 Å². The number of thioether (sulfide) groups is 1. The largest absolute Gasteiger partial charge is 0.493 e. The number of methoxy groups -OCH3 is 1. The van der Waals surface area contributed by atoms with Crippen LogP contribution in [-0.4, -0.2) is 31.9 Å². The third-order valence-corrected chi connectivity index (χ3v) is 4.62. The highest BCUT2D eigenvalue weighted by molar-refractivity contribution is 7.99. The second-order valence-electron chi connectivity index (χ2n) is 5.63. The minimum atomic E-state index is -0.108. The molecule has 0 aliphatic rings. The zero-order valence-electron chi connectivity index (χ0n) is 15.5. The van der Waals surface area contributed by atoms with E-state index in [1.54, 1.807) is 24.9 Å². The fraction of sp³-hybridized carbons (Fsp3) is 0.286. The second kappa shape index (κ2) is 10.6. The predicted octanol–water partition coefficient (Wildman–Crippen LogP) is 4.32. The first kappa shape index (κ1) is 19.9. The molecule has 2 aromatic rings. The number of benzene rings is 2. The van der Waals surface area contributed by atoms with E-state index in [9.17, 15) is 4.79 Å². The minimum absolute atomic E-state index is 0.108. The van der Waals surface area contributed by atoms with E-state index in [2.05, 4.69) is 36.5 Å². The maximum atomic E-state index is 11.9.